The number of rotatable bonds is 0. The van der Waals surface area contributed by atoms with Gasteiger partial charge in [0.2, 0.25) is 0 Å². The van der Waals surface area contributed by atoms with E-state index in [1.807, 2.05) is 0 Å². The summed E-state index contributed by atoms with van der Waals surface area (Å²) in [6, 6.07) is 4.66. The van der Waals surface area contributed by atoms with Gasteiger partial charge in [0.15, 0.2) is 0 Å². The highest BCUT2D eigenvalue weighted by Crippen LogP contribution is 2.14. The predicted octanol–water partition coefficient (Wildman–Crippen LogP) is 1.15. The number of hydrogen-bond donors (Lipinski definition) is 0. The first-order chi connectivity index (χ1) is 6.59. The van der Waals surface area contributed by atoms with E-state index < -0.39 is 11.4 Å². The van der Waals surface area contributed by atoms with Crippen LogP contribution >= 0.6 is 11.6 Å². The van der Waals surface area contributed by atoms with Gasteiger partial charge >= 0.3 is 11.4 Å². The molecule has 4 nitrogen and oxygen atoms in total. The Kier molecular flexibility index (Phi) is 1.93. The Balaban J connectivity index is 3.11. The highest BCUT2D eigenvalue weighted by molar-refractivity contribution is 6.31. The van der Waals surface area contributed by atoms with Crippen molar-refractivity contribution >= 4 is 22.5 Å². The minimum Gasteiger partial charge on any atom is -0.372 e. The van der Waals surface area contributed by atoms with E-state index in [0.717, 1.165) is 0 Å². The Labute approximate surface area is 83.3 Å². The van der Waals surface area contributed by atoms with Crippen molar-refractivity contribution in [1.82, 2.24) is 4.57 Å². The second kappa shape index (κ2) is 2.99. The molecule has 0 aliphatic carbocycles. The normalized spacial score (nSPS) is 10.7. The van der Waals surface area contributed by atoms with Gasteiger partial charge in [0.1, 0.15) is 0 Å². The number of hydrogen-bond acceptors (Lipinski definition) is 3. The van der Waals surface area contributed by atoms with E-state index in [4.69, 9.17) is 11.6 Å². The van der Waals surface area contributed by atoms with E-state index in [1.165, 1.54) is 17.7 Å². The Morgan fingerprint density at radius 1 is 1.36 bits per heavy atom. The Morgan fingerprint density at radius 2 is 2.07 bits per heavy atom. The molecule has 0 aliphatic heterocycles. The fourth-order valence-electron chi connectivity index (χ4n) is 1.26. The van der Waals surface area contributed by atoms with Crippen molar-refractivity contribution < 1.29 is 4.42 Å². The zero-order valence-corrected chi connectivity index (χ0v) is 8.04. The van der Waals surface area contributed by atoms with Crippen LogP contribution in [0.3, 0.4) is 0 Å². The summed E-state index contributed by atoms with van der Waals surface area (Å²) < 4.78 is 5.71. The molecule has 5 heteroatoms. The van der Waals surface area contributed by atoms with E-state index in [2.05, 4.69) is 4.42 Å². The maximum Gasteiger partial charge on any atom is 0.422 e. The first-order valence-electron chi connectivity index (χ1n) is 3.89. The summed E-state index contributed by atoms with van der Waals surface area (Å²) in [6.45, 7) is 0. The van der Waals surface area contributed by atoms with Crippen LogP contribution in [0.2, 0.25) is 5.02 Å². The molecule has 0 unspecified atom stereocenters. The third-order valence-electron chi connectivity index (χ3n) is 1.99. The number of halogens is 1. The summed E-state index contributed by atoms with van der Waals surface area (Å²) in [4.78, 5) is 22.4. The molecule has 1 aromatic carbocycles. The number of nitrogens with zero attached hydrogens (tertiary/aromatic N) is 1. The molecule has 2 rings (SSSR count). The summed E-state index contributed by atoms with van der Waals surface area (Å²) in [7, 11) is 1.52. The molecular formula is C9H6ClNO3. The predicted molar refractivity (Wildman–Crippen MR) is 52.7 cm³/mol. The number of fused-ring (bicyclic) bond motifs is 1. The van der Waals surface area contributed by atoms with Crippen molar-refractivity contribution in [2.75, 3.05) is 0 Å². The fourth-order valence-corrected chi connectivity index (χ4v) is 1.42. The van der Waals surface area contributed by atoms with Gasteiger partial charge in [0.25, 0.3) is 0 Å². The SMILES string of the molecule is Cn1c(=O)oc(=O)c2ccc(Cl)cc21. The monoisotopic (exact) mass is 211 g/mol. The van der Waals surface area contributed by atoms with Crippen LogP contribution in [0.25, 0.3) is 10.9 Å². The van der Waals surface area contributed by atoms with Crippen LogP contribution in [0, 0.1) is 0 Å². The largest absolute Gasteiger partial charge is 0.422 e. The maximum atomic E-state index is 11.2. The summed E-state index contributed by atoms with van der Waals surface area (Å²) >= 11 is 5.75. The average molecular weight is 212 g/mol. The summed E-state index contributed by atoms with van der Waals surface area (Å²) in [6.07, 6.45) is 0. The first-order valence-corrected chi connectivity index (χ1v) is 4.27. The van der Waals surface area contributed by atoms with Gasteiger partial charge in [-0.3, -0.25) is 4.57 Å². The van der Waals surface area contributed by atoms with Crippen molar-refractivity contribution in [3.63, 3.8) is 0 Å². The first kappa shape index (κ1) is 9.02. The molecule has 1 heterocycles. The molecule has 72 valence electrons. The second-order valence-electron chi connectivity index (χ2n) is 2.88. The molecular weight excluding hydrogens is 206 g/mol. The van der Waals surface area contributed by atoms with E-state index in [9.17, 15) is 9.59 Å². The summed E-state index contributed by atoms with van der Waals surface area (Å²) in [5.41, 5.74) is -0.168. The van der Waals surface area contributed by atoms with Gasteiger partial charge in [-0.25, -0.2) is 9.59 Å². The van der Waals surface area contributed by atoms with Crippen LogP contribution in [0.5, 0.6) is 0 Å². The van der Waals surface area contributed by atoms with Gasteiger partial charge in [0, 0.05) is 12.1 Å². The quantitative estimate of drug-likeness (QED) is 0.657. The highest BCUT2D eigenvalue weighted by Gasteiger charge is 2.05. The van der Waals surface area contributed by atoms with Crippen molar-refractivity contribution in [3.05, 3.63) is 44.2 Å². The smallest absolute Gasteiger partial charge is 0.372 e. The molecule has 14 heavy (non-hydrogen) atoms. The minimum atomic E-state index is -0.690. The van der Waals surface area contributed by atoms with Crippen molar-refractivity contribution in [3.8, 4) is 0 Å². The van der Waals surface area contributed by atoms with Crippen LogP contribution in [0.15, 0.2) is 32.2 Å². The lowest BCUT2D eigenvalue weighted by Crippen LogP contribution is -2.22. The van der Waals surface area contributed by atoms with Crippen molar-refractivity contribution in [2.45, 2.75) is 0 Å². The van der Waals surface area contributed by atoms with Crippen molar-refractivity contribution in [1.29, 1.82) is 0 Å². The van der Waals surface area contributed by atoms with Gasteiger partial charge in [-0.15, -0.1) is 0 Å². The van der Waals surface area contributed by atoms with Gasteiger partial charge in [-0.05, 0) is 18.2 Å². The molecule has 0 N–H and O–H groups in total. The standard InChI is InChI=1S/C9H6ClNO3/c1-11-7-4-5(10)2-3-6(7)8(12)14-9(11)13/h2-4H,1H3. The van der Waals surface area contributed by atoms with Crippen LogP contribution < -0.4 is 11.4 Å². The molecule has 0 fully saturated rings. The molecule has 0 radical (unpaired) electrons. The molecule has 0 atom stereocenters. The molecule has 0 saturated carbocycles. The molecule has 0 aliphatic rings. The summed E-state index contributed by atoms with van der Waals surface area (Å²) in [5.74, 6) is -0.690. The Morgan fingerprint density at radius 3 is 2.79 bits per heavy atom. The van der Waals surface area contributed by atoms with Crippen LogP contribution in [-0.4, -0.2) is 4.57 Å². The average Bonchev–Trinajstić information content (AvgIpc) is 2.14. The van der Waals surface area contributed by atoms with E-state index in [-0.39, 0.29) is 0 Å². The Hall–Kier alpha value is -1.55. The lowest BCUT2D eigenvalue weighted by atomic mass is 10.2. The second-order valence-corrected chi connectivity index (χ2v) is 3.31. The van der Waals surface area contributed by atoms with E-state index >= 15 is 0 Å². The number of benzene rings is 1. The zero-order valence-electron chi connectivity index (χ0n) is 7.28. The maximum absolute atomic E-state index is 11.2. The lowest BCUT2D eigenvalue weighted by Gasteiger charge is -2.01. The van der Waals surface area contributed by atoms with Gasteiger partial charge in [-0.1, -0.05) is 11.6 Å². The lowest BCUT2D eigenvalue weighted by molar-refractivity contribution is 0.433. The third-order valence-corrected chi connectivity index (χ3v) is 2.23. The van der Waals surface area contributed by atoms with E-state index in [0.29, 0.717) is 15.9 Å². The highest BCUT2D eigenvalue weighted by atomic mass is 35.5. The van der Waals surface area contributed by atoms with E-state index in [1.54, 1.807) is 12.1 Å². The number of aryl methyl sites for hydroxylation is 1. The summed E-state index contributed by atoms with van der Waals surface area (Å²) in [5, 5.41) is 0.814. The van der Waals surface area contributed by atoms with Gasteiger partial charge in [0.05, 0.1) is 10.9 Å². The molecule has 2 aromatic rings. The van der Waals surface area contributed by atoms with Gasteiger partial charge < -0.3 is 4.42 Å². The molecule has 0 bridgehead atoms. The van der Waals surface area contributed by atoms with Gasteiger partial charge in [-0.2, -0.15) is 0 Å². The molecule has 0 spiro atoms. The third kappa shape index (κ3) is 1.24. The fraction of sp³-hybridized carbons (Fsp3) is 0.111. The topological polar surface area (TPSA) is 52.2 Å². The molecule has 1 aromatic heterocycles. The van der Waals surface area contributed by atoms with Crippen LogP contribution in [-0.2, 0) is 7.05 Å². The molecule has 0 saturated heterocycles. The Bertz CT molecular complexity index is 611. The van der Waals surface area contributed by atoms with Crippen molar-refractivity contribution in [2.24, 2.45) is 7.05 Å². The minimum absolute atomic E-state index is 0.344. The molecule has 0 amide bonds. The van der Waals surface area contributed by atoms with Crippen LogP contribution in [0.4, 0.5) is 0 Å². The number of aromatic nitrogens is 1. The zero-order chi connectivity index (χ0) is 10.3. The van der Waals surface area contributed by atoms with Crippen LogP contribution in [0.1, 0.15) is 0 Å².